The van der Waals surface area contributed by atoms with Gasteiger partial charge in [-0.25, -0.2) is 14.2 Å². The van der Waals surface area contributed by atoms with E-state index in [1.54, 1.807) is 29.5 Å². The van der Waals surface area contributed by atoms with Gasteiger partial charge in [-0.1, -0.05) is 18.1 Å². The standard InChI is InChI=1S/C24H25FN4O3S/c1-2-3-9-29-22(31)24(27-23(29)32,14-17-5-4-6-19(25)12-17)18-7-10-28(11-8-18)21(30)13-20-15-33-16-26-20/h4-6,12,15-16,18H,7-11,13-14H2,1H3,(H,27,32). The van der Waals surface area contributed by atoms with E-state index >= 15 is 0 Å². The van der Waals surface area contributed by atoms with E-state index in [-0.39, 0.29) is 37.1 Å². The van der Waals surface area contributed by atoms with Crippen LogP contribution in [0, 0.1) is 23.6 Å². The van der Waals surface area contributed by atoms with E-state index in [0.717, 1.165) is 10.6 Å². The normalized spacial score (nSPS) is 21.0. The third-order valence-electron chi connectivity index (χ3n) is 6.35. The molecule has 1 N–H and O–H groups in total. The molecule has 4 amide bonds. The molecule has 1 aromatic carbocycles. The third-order valence-corrected chi connectivity index (χ3v) is 6.98. The van der Waals surface area contributed by atoms with Crippen molar-refractivity contribution in [2.24, 2.45) is 5.92 Å². The lowest BCUT2D eigenvalue weighted by molar-refractivity contribution is -0.135. The van der Waals surface area contributed by atoms with Crippen molar-refractivity contribution < 1.29 is 18.8 Å². The molecule has 2 aromatic rings. The largest absolute Gasteiger partial charge is 0.342 e. The van der Waals surface area contributed by atoms with E-state index in [4.69, 9.17) is 0 Å². The number of nitrogens with one attached hydrogen (secondary N) is 1. The number of piperidine rings is 1. The number of imide groups is 1. The number of thiazole rings is 1. The molecule has 0 aliphatic carbocycles. The first-order valence-electron chi connectivity index (χ1n) is 10.9. The first kappa shape index (κ1) is 22.9. The van der Waals surface area contributed by atoms with Gasteiger partial charge in [-0.15, -0.1) is 17.3 Å². The number of benzene rings is 1. The molecule has 33 heavy (non-hydrogen) atoms. The molecule has 3 heterocycles. The van der Waals surface area contributed by atoms with Crippen molar-refractivity contribution in [1.29, 1.82) is 0 Å². The number of halogens is 1. The smallest absolute Gasteiger partial charge is 0.325 e. The Labute approximate surface area is 196 Å². The third kappa shape index (κ3) is 4.76. The lowest BCUT2D eigenvalue weighted by Crippen LogP contribution is -2.58. The summed E-state index contributed by atoms with van der Waals surface area (Å²) in [5.41, 5.74) is 1.90. The summed E-state index contributed by atoms with van der Waals surface area (Å²) in [4.78, 5) is 46.1. The van der Waals surface area contributed by atoms with Gasteiger partial charge in [-0.3, -0.25) is 14.5 Å². The predicted octanol–water partition coefficient (Wildman–Crippen LogP) is 2.62. The van der Waals surface area contributed by atoms with Crippen LogP contribution < -0.4 is 5.32 Å². The van der Waals surface area contributed by atoms with Crippen LogP contribution in [0.1, 0.15) is 31.0 Å². The Balaban J connectivity index is 1.54. The van der Waals surface area contributed by atoms with Gasteiger partial charge in [0.15, 0.2) is 0 Å². The Morgan fingerprint density at radius 1 is 1.33 bits per heavy atom. The first-order chi connectivity index (χ1) is 15.9. The monoisotopic (exact) mass is 468 g/mol. The number of carbonyl (C=O) groups is 3. The fourth-order valence-corrected chi connectivity index (χ4v) is 5.23. The van der Waals surface area contributed by atoms with Gasteiger partial charge in [0.2, 0.25) is 5.91 Å². The molecule has 0 radical (unpaired) electrons. The van der Waals surface area contributed by atoms with Crippen LogP contribution in [-0.2, 0) is 22.4 Å². The molecule has 2 aliphatic rings. The topological polar surface area (TPSA) is 82.6 Å². The maximum absolute atomic E-state index is 13.9. The molecule has 4 rings (SSSR count). The molecular formula is C24H25FN4O3S. The summed E-state index contributed by atoms with van der Waals surface area (Å²) in [6.45, 7) is 2.63. The molecule has 2 fully saturated rings. The number of urea groups is 1. The SMILES string of the molecule is CC#CCN1C(=O)NC(Cc2cccc(F)c2)(C2CCN(C(=O)Cc3cscn3)CC2)C1=O. The number of aromatic nitrogens is 1. The van der Waals surface area contributed by atoms with E-state index in [0.29, 0.717) is 31.5 Å². The van der Waals surface area contributed by atoms with Crippen molar-refractivity contribution in [1.82, 2.24) is 20.1 Å². The van der Waals surface area contributed by atoms with Gasteiger partial charge >= 0.3 is 6.03 Å². The highest BCUT2D eigenvalue weighted by atomic mass is 32.1. The number of amides is 4. The molecule has 1 unspecified atom stereocenters. The number of carbonyl (C=O) groups excluding carboxylic acids is 3. The van der Waals surface area contributed by atoms with Crippen LogP contribution in [0.4, 0.5) is 9.18 Å². The summed E-state index contributed by atoms with van der Waals surface area (Å²) in [6.07, 6.45) is 1.54. The van der Waals surface area contributed by atoms with Gasteiger partial charge in [-0.2, -0.15) is 0 Å². The average Bonchev–Trinajstić information content (AvgIpc) is 3.39. The van der Waals surface area contributed by atoms with E-state index in [1.165, 1.54) is 23.5 Å². The molecule has 1 atom stereocenters. The molecular weight excluding hydrogens is 443 g/mol. The maximum atomic E-state index is 13.9. The van der Waals surface area contributed by atoms with Crippen molar-refractivity contribution in [2.75, 3.05) is 19.6 Å². The highest BCUT2D eigenvalue weighted by molar-refractivity contribution is 7.07. The molecule has 172 valence electrons. The average molecular weight is 469 g/mol. The number of hydrogen-bond donors (Lipinski definition) is 1. The summed E-state index contributed by atoms with van der Waals surface area (Å²) in [6, 6.07) is 5.61. The number of likely N-dealkylation sites (tertiary alicyclic amines) is 1. The van der Waals surface area contributed by atoms with E-state index in [2.05, 4.69) is 22.1 Å². The quantitative estimate of drug-likeness (QED) is 0.522. The second kappa shape index (κ2) is 9.71. The van der Waals surface area contributed by atoms with E-state index in [1.807, 2.05) is 5.38 Å². The second-order valence-corrected chi connectivity index (χ2v) is 9.06. The highest BCUT2D eigenvalue weighted by Gasteiger charge is 2.55. The van der Waals surface area contributed by atoms with Crippen LogP contribution in [0.5, 0.6) is 0 Å². The molecule has 2 saturated heterocycles. The summed E-state index contributed by atoms with van der Waals surface area (Å²) in [5.74, 6) is 4.57. The fraction of sp³-hybridized carbons (Fsp3) is 0.417. The van der Waals surface area contributed by atoms with Gasteiger partial charge < -0.3 is 10.2 Å². The van der Waals surface area contributed by atoms with Gasteiger partial charge in [0.25, 0.3) is 5.91 Å². The van der Waals surface area contributed by atoms with Crippen LogP contribution in [-0.4, -0.2) is 57.8 Å². The summed E-state index contributed by atoms with van der Waals surface area (Å²) < 4.78 is 13.9. The molecule has 0 spiro atoms. The summed E-state index contributed by atoms with van der Waals surface area (Å²) in [7, 11) is 0. The van der Waals surface area contributed by atoms with Gasteiger partial charge in [0.1, 0.15) is 11.4 Å². The van der Waals surface area contributed by atoms with Crippen LogP contribution in [0.25, 0.3) is 0 Å². The lowest BCUT2D eigenvalue weighted by Gasteiger charge is -2.41. The highest BCUT2D eigenvalue weighted by Crippen LogP contribution is 2.36. The summed E-state index contributed by atoms with van der Waals surface area (Å²) >= 11 is 1.45. The van der Waals surface area contributed by atoms with E-state index in [9.17, 15) is 18.8 Å². The van der Waals surface area contributed by atoms with Crippen LogP contribution in [0.2, 0.25) is 0 Å². The van der Waals surface area contributed by atoms with Gasteiger partial charge in [-0.05, 0) is 43.4 Å². The Hall–Kier alpha value is -3.25. The van der Waals surface area contributed by atoms with Crippen molar-refractivity contribution in [3.05, 3.63) is 52.2 Å². The van der Waals surface area contributed by atoms with Crippen LogP contribution in [0.15, 0.2) is 35.2 Å². The van der Waals surface area contributed by atoms with Crippen molar-refractivity contribution >= 4 is 29.2 Å². The molecule has 2 aliphatic heterocycles. The minimum absolute atomic E-state index is 0.000149. The minimum Gasteiger partial charge on any atom is -0.342 e. The summed E-state index contributed by atoms with van der Waals surface area (Å²) in [5, 5.41) is 4.79. The molecule has 0 bridgehead atoms. The molecule has 1 aromatic heterocycles. The van der Waals surface area contributed by atoms with E-state index < -0.39 is 17.4 Å². The van der Waals surface area contributed by atoms with Crippen molar-refractivity contribution in [3.8, 4) is 11.8 Å². The lowest BCUT2D eigenvalue weighted by atomic mass is 9.74. The van der Waals surface area contributed by atoms with Crippen molar-refractivity contribution in [3.63, 3.8) is 0 Å². The van der Waals surface area contributed by atoms with Crippen LogP contribution in [0.3, 0.4) is 0 Å². The number of nitrogens with zero attached hydrogens (tertiary/aromatic N) is 3. The zero-order valence-electron chi connectivity index (χ0n) is 18.3. The second-order valence-electron chi connectivity index (χ2n) is 8.34. The molecule has 0 saturated carbocycles. The minimum atomic E-state index is -1.19. The fourth-order valence-electron chi connectivity index (χ4n) is 4.67. The Kier molecular flexibility index (Phi) is 6.75. The van der Waals surface area contributed by atoms with Gasteiger partial charge in [0.05, 0.1) is 24.2 Å². The zero-order chi connectivity index (χ0) is 23.4. The maximum Gasteiger partial charge on any atom is 0.325 e. The molecule has 7 nitrogen and oxygen atoms in total. The first-order valence-corrected chi connectivity index (χ1v) is 11.8. The van der Waals surface area contributed by atoms with Gasteiger partial charge in [0, 0.05) is 24.9 Å². The van der Waals surface area contributed by atoms with Crippen molar-refractivity contribution in [2.45, 2.75) is 38.1 Å². The zero-order valence-corrected chi connectivity index (χ0v) is 19.2. The number of hydrogen-bond acceptors (Lipinski definition) is 5. The Morgan fingerprint density at radius 2 is 2.12 bits per heavy atom. The predicted molar refractivity (Wildman–Crippen MR) is 122 cm³/mol. The molecule has 9 heteroatoms. The Bertz CT molecular complexity index is 1100. The number of rotatable bonds is 6. The Morgan fingerprint density at radius 3 is 2.79 bits per heavy atom. The van der Waals surface area contributed by atoms with Crippen LogP contribution >= 0.6 is 11.3 Å².